The molecule has 0 aliphatic heterocycles. The van der Waals surface area contributed by atoms with E-state index in [1.807, 2.05) is 25.1 Å². The van der Waals surface area contributed by atoms with Crippen LogP contribution in [0.4, 0.5) is 5.69 Å². The monoisotopic (exact) mass is 279 g/mol. The lowest BCUT2D eigenvalue weighted by Crippen LogP contribution is -2.15. The number of carbonyl (C=O) groups excluding carboxylic acids is 1. The molecule has 0 aromatic heterocycles. The Morgan fingerprint density at radius 2 is 2.05 bits per heavy atom. The van der Waals surface area contributed by atoms with Gasteiger partial charge in [0.05, 0.1) is 0 Å². The summed E-state index contributed by atoms with van der Waals surface area (Å²) in [7, 11) is 0. The van der Waals surface area contributed by atoms with Crippen LogP contribution in [0.25, 0.3) is 0 Å². The third-order valence-electron chi connectivity index (χ3n) is 4.05. The van der Waals surface area contributed by atoms with Crippen molar-refractivity contribution in [1.29, 1.82) is 0 Å². The quantitative estimate of drug-likeness (QED) is 0.830. The highest BCUT2D eigenvalue weighted by atomic mass is 35.5. The summed E-state index contributed by atoms with van der Waals surface area (Å²) in [6.07, 6.45) is 8.26. The summed E-state index contributed by atoms with van der Waals surface area (Å²) in [4.78, 5) is 12.0. The van der Waals surface area contributed by atoms with E-state index < -0.39 is 0 Å². The number of halogens is 1. The maximum atomic E-state index is 12.0. The van der Waals surface area contributed by atoms with Crippen LogP contribution in [-0.4, -0.2) is 5.91 Å². The zero-order valence-corrected chi connectivity index (χ0v) is 12.3. The molecular weight excluding hydrogens is 258 g/mol. The largest absolute Gasteiger partial charge is 0.326 e. The van der Waals surface area contributed by atoms with Crippen molar-refractivity contribution in [2.24, 2.45) is 5.92 Å². The first kappa shape index (κ1) is 14.4. The highest BCUT2D eigenvalue weighted by molar-refractivity contribution is 6.31. The molecule has 0 saturated heterocycles. The van der Waals surface area contributed by atoms with Crippen LogP contribution < -0.4 is 5.32 Å². The van der Waals surface area contributed by atoms with Gasteiger partial charge >= 0.3 is 0 Å². The van der Waals surface area contributed by atoms with Gasteiger partial charge in [0.25, 0.3) is 0 Å². The number of hydrogen-bond donors (Lipinski definition) is 1. The predicted octanol–water partition coefficient (Wildman–Crippen LogP) is 4.95. The molecule has 1 fully saturated rings. The Bertz CT molecular complexity index is 438. The molecule has 0 spiro atoms. The van der Waals surface area contributed by atoms with Crippen LogP contribution in [0.3, 0.4) is 0 Å². The smallest absolute Gasteiger partial charge is 0.224 e. The topological polar surface area (TPSA) is 29.1 Å². The molecule has 1 aliphatic carbocycles. The second-order valence-corrected chi connectivity index (χ2v) is 5.91. The van der Waals surface area contributed by atoms with Crippen LogP contribution in [0.2, 0.25) is 5.02 Å². The van der Waals surface area contributed by atoms with Gasteiger partial charge in [-0.2, -0.15) is 0 Å². The fourth-order valence-corrected chi connectivity index (χ4v) is 2.94. The lowest BCUT2D eigenvalue weighted by atomic mass is 9.86. The fourth-order valence-electron chi connectivity index (χ4n) is 2.77. The maximum absolute atomic E-state index is 12.0. The van der Waals surface area contributed by atoms with Crippen LogP contribution in [0.1, 0.15) is 50.5 Å². The minimum atomic E-state index is 0.107. The van der Waals surface area contributed by atoms with Gasteiger partial charge in [-0.1, -0.05) is 49.8 Å². The lowest BCUT2D eigenvalue weighted by Gasteiger charge is -2.21. The van der Waals surface area contributed by atoms with E-state index in [1.54, 1.807) is 0 Å². The number of hydrogen-bond acceptors (Lipinski definition) is 1. The molecular formula is C16H22ClNO. The first-order chi connectivity index (χ1) is 9.16. The Kier molecular flexibility index (Phi) is 5.26. The molecule has 1 aliphatic rings. The molecule has 104 valence electrons. The molecule has 0 radical (unpaired) electrons. The highest BCUT2D eigenvalue weighted by Crippen LogP contribution is 2.28. The molecule has 0 unspecified atom stereocenters. The van der Waals surface area contributed by atoms with Crippen LogP contribution in [0, 0.1) is 12.8 Å². The van der Waals surface area contributed by atoms with Crippen molar-refractivity contribution in [3.8, 4) is 0 Å². The van der Waals surface area contributed by atoms with Crippen LogP contribution >= 0.6 is 11.6 Å². The van der Waals surface area contributed by atoms with Crippen molar-refractivity contribution < 1.29 is 4.79 Å². The fraction of sp³-hybridized carbons (Fsp3) is 0.562. The molecule has 19 heavy (non-hydrogen) atoms. The van der Waals surface area contributed by atoms with E-state index >= 15 is 0 Å². The highest BCUT2D eigenvalue weighted by Gasteiger charge is 2.15. The summed E-state index contributed by atoms with van der Waals surface area (Å²) >= 11 is 6.04. The molecule has 1 aromatic rings. The summed E-state index contributed by atoms with van der Waals surface area (Å²) in [5.41, 5.74) is 1.77. The lowest BCUT2D eigenvalue weighted by molar-refractivity contribution is -0.116. The molecule has 1 N–H and O–H groups in total. The van der Waals surface area contributed by atoms with E-state index in [4.69, 9.17) is 11.6 Å². The van der Waals surface area contributed by atoms with Crippen molar-refractivity contribution in [3.63, 3.8) is 0 Å². The van der Waals surface area contributed by atoms with Gasteiger partial charge < -0.3 is 5.32 Å². The van der Waals surface area contributed by atoms with Crippen molar-refractivity contribution in [2.75, 3.05) is 5.32 Å². The molecule has 0 heterocycles. The van der Waals surface area contributed by atoms with E-state index in [1.165, 1.54) is 32.1 Å². The third kappa shape index (κ3) is 4.24. The van der Waals surface area contributed by atoms with E-state index in [2.05, 4.69) is 5.32 Å². The Hall–Kier alpha value is -1.02. The average Bonchev–Trinajstić information content (AvgIpc) is 2.43. The minimum Gasteiger partial charge on any atom is -0.326 e. The number of nitrogens with one attached hydrogen (secondary N) is 1. The van der Waals surface area contributed by atoms with Crippen molar-refractivity contribution in [1.82, 2.24) is 0 Å². The second-order valence-electron chi connectivity index (χ2n) is 5.50. The zero-order chi connectivity index (χ0) is 13.7. The molecule has 0 bridgehead atoms. The number of carbonyl (C=O) groups is 1. The van der Waals surface area contributed by atoms with Crippen molar-refractivity contribution in [3.05, 3.63) is 28.8 Å². The van der Waals surface area contributed by atoms with Crippen LogP contribution in [0.15, 0.2) is 18.2 Å². The van der Waals surface area contributed by atoms with Crippen LogP contribution in [-0.2, 0) is 4.79 Å². The van der Waals surface area contributed by atoms with Gasteiger partial charge in [0.1, 0.15) is 0 Å². The number of rotatable bonds is 4. The van der Waals surface area contributed by atoms with Crippen molar-refractivity contribution in [2.45, 2.75) is 51.9 Å². The predicted molar refractivity (Wildman–Crippen MR) is 80.6 cm³/mol. The number of amides is 1. The Morgan fingerprint density at radius 3 is 2.79 bits per heavy atom. The van der Waals surface area contributed by atoms with Gasteiger partial charge in [-0.25, -0.2) is 0 Å². The summed E-state index contributed by atoms with van der Waals surface area (Å²) in [5.74, 6) is 0.857. The van der Waals surface area contributed by atoms with Gasteiger partial charge in [-0.15, -0.1) is 0 Å². The Balaban J connectivity index is 1.82. The molecule has 1 amide bonds. The summed E-state index contributed by atoms with van der Waals surface area (Å²) in [5, 5.41) is 3.67. The number of benzene rings is 1. The first-order valence-corrected chi connectivity index (χ1v) is 7.59. The molecule has 0 atom stereocenters. The molecule has 1 saturated carbocycles. The Morgan fingerprint density at radius 1 is 1.32 bits per heavy atom. The molecule has 3 heteroatoms. The summed E-state index contributed by atoms with van der Waals surface area (Å²) in [6, 6.07) is 5.61. The average molecular weight is 280 g/mol. The van der Waals surface area contributed by atoms with E-state index in [9.17, 15) is 4.79 Å². The van der Waals surface area contributed by atoms with Gasteiger partial charge in [-0.05, 0) is 37.0 Å². The maximum Gasteiger partial charge on any atom is 0.224 e. The minimum absolute atomic E-state index is 0.107. The first-order valence-electron chi connectivity index (χ1n) is 7.22. The number of anilines is 1. The van der Waals surface area contributed by atoms with Crippen LogP contribution in [0.5, 0.6) is 0 Å². The normalized spacial score (nSPS) is 16.3. The SMILES string of the molecule is Cc1c(Cl)cccc1NC(=O)CCC1CCCCC1. The van der Waals surface area contributed by atoms with Gasteiger partial charge in [0.15, 0.2) is 0 Å². The molecule has 1 aromatic carbocycles. The van der Waals surface area contributed by atoms with Gasteiger partial charge in [0, 0.05) is 17.1 Å². The van der Waals surface area contributed by atoms with Gasteiger partial charge in [-0.3, -0.25) is 4.79 Å². The van der Waals surface area contributed by atoms with E-state index in [0.29, 0.717) is 11.4 Å². The molecule has 2 rings (SSSR count). The van der Waals surface area contributed by atoms with Crippen molar-refractivity contribution >= 4 is 23.2 Å². The van der Waals surface area contributed by atoms with Gasteiger partial charge in [0.2, 0.25) is 5.91 Å². The third-order valence-corrected chi connectivity index (χ3v) is 4.46. The van der Waals surface area contributed by atoms with E-state index in [0.717, 1.165) is 23.6 Å². The Labute approximate surface area is 120 Å². The molecule has 2 nitrogen and oxygen atoms in total. The second kappa shape index (κ2) is 6.95. The summed E-state index contributed by atoms with van der Waals surface area (Å²) in [6.45, 7) is 1.93. The standard InChI is InChI=1S/C16H22ClNO/c1-12-14(17)8-5-9-15(12)18-16(19)11-10-13-6-3-2-4-7-13/h5,8-9,13H,2-4,6-7,10-11H2,1H3,(H,18,19). The van der Waals surface area contributed by atoms with E-state index in [-0.39, 0.29) is 5.91 Å². The summed E-state index contributed by atoms with van der Waals surface area (Å²) < 4.78 is 0. The zero-order valence-electron chi connectivity index (χ0n) is 11.5.